The van der Waals surface area contributed by atoms with Gasteiger partial charge in [0.25, 0.3) is 0 Å². The Morgan fingerprint density at radius 1 is 1.38 bits per heavy atom. The molecule has 0 unspecified atom stereocenters. The van der Waals surface area contributed by atoms with Crippen molar-refractivity contribution in [2.45, 2.75) is 6.42 Å². The zero-order valence-corrected chi connectivity index (χ0v) is 7.40. The second-order valence-electron chi connectivity index (χ2n) is 2.76. The first kappa shape index (κ1) is 9.61. The van der Waals surface area contributed by atoms with Crippen LogP contribution in [0.4, 0.5) is 5.69 Å². The van der Waals surface area contributed by atoms with Crippen molar-refractivity contribution in [2.75, 3.05) is 12.3 Å². The molecule has 1 aromatic carbocycles. The van der Waals surface area contributed by atoms with E-state index in [1.54, 1.807) is 18.2 Å². The molecule has 0 saturated carbocycles. The Hall–Kier alpha value is -1.48. The van der Waals surface area contributed by atoms with Crippen molar-refractivity contribution in [3.8, 4) is 5.75 Å². The maximum Gasteiger partial charge on any atom is 0.145 e. The first-order chi connectivity index (χ1) is 6.25. The third-order valence-electron chi connectivity index (χ3n) is 1.73. The molecule has 0 spiro atoms. The number of nitrogens with two attached hydrogens (primary N) is 2. The average Bonchev–Trinajstić information content (AvgIpc) is 2.13. The van der Waals surface area contributed by atoms with Gasteiger partial charge in [0.05, 0.1) is 5.69 Å². The van der Waals surface area contributed by atoms with Crippen molar-refractivity contribution in [3.63, 3.8) is 0 Å². The molecular formula is C10H14N2O. The SMILES string of the molecule is NCCC=Cc1cccc(N)c1O. The quantitative estimate of drug-likeness (QED) is 0.483. The average molecular weight is 178 g/mol. The maximum absolute atomic E-state index is 9.49. The van der Waals surface area contributed by atoms with Gasteiger partial charge in [0, 0.05) is 5.56 Å². The third kappa shape index (κ3) is 2.49. The summed E-state index contributed by atoms with van der Waals surface area (Å²) in [5.41, 5.74) is 12.0. The highest BCUT2D eigenvalue weighted by molar-refractivity contribution is 5.66. The van der Waals surface area contributed by atoms with Crippen LogP contribution in [0, 0.1) is 0 Å². The largest absolute Gasteiger partial charge is 0.505 e. The fraction of sp³-hybridized carbons (Fsp3) is 0.200. The van der Waals surface area contributed by atoms with Gasteiger partial charge in [-0.25, -0.2) is 0 Å². The van der Waals surface area contributed by atoms with Crippen LogP contribution in [-0.4, -0.2) is 11.7 Å². The van der Waals surface area contributed by atoms with Crippen LogP contribution in [0.15, 0.2) is 24.3 Å². The molecule has 5 N–H and O–H groups in total. The molecule has 0 heterocycles. The van der Waals surface area contributed by atoms with Crippen molar-refractivity contribution < 1.29 is 5.11 Å². The van der Waals surface area contributed by atoms with Gasteiger partial charge in [-0.1, -0.05) is 24.3 Å². The molecule has 1 rings (SSSR count). The summed E-state index contributed by atoms with van der Waals surface area (Å²) in [6.07, 6.45) is 4.53. The van der Waals surface area contributed by atoms with Crippen molar-refractivity contribution in [1.29, 1.82) is 0 Å². The van der Waals surface area contributed by atoms with E-state index in [0.717, 1.165) is 12.0 Å². The molecule has 3 nitrogen and oxygen atoms in total. The van der Waals surface area contributed by atoms with Gasteiger partial charge in [-0.2, -0.15) is 0 Å². The van der Waals surface area contributed by atoms with Gasteiger partial charge >= 0.3 is 0 Å². The second kappa shape index (κ2) is 4.52. The van der Waals surface area contributed by atoms with Crippen LogP contribution in [0.3, 0.4) is 0 Å². The van der Waals surface area contributed by atoms with E-state index >= 15 is 0 Å². The summed E-state index contributed by atoms with van der Waals surface area (Å²) in [6.45, 7) is 0.611. The Morgan fingerprint density at radius 3 is 2.85 bits per heavy atom. The van der Waals surface area contributed by atoms with Crippen molar-refractivity contribution >= 4 is 11.8 Å². The van der Waals surface area contributed by atoms with Crippen LogP contribution >= 0.6 is 0 Å². The molecule has 0 saturated heterocycles. The zero-order valence-electron chi connectivity index (χ0n) is 7.40. The predicted molar refractivity (Wildman–Crippen MR) is 55.2 cm³/mol. The van der Waals surface area contributed by atoms with Crippen LogP contribution < -0.4 is 11.5 Å². The number of phenols is 1. The van der Waals surface area contributed by atoms with E-state index < -0.39 is 0 Å². The fourth-order valence-electron chi connectivity index (χ4n) is 1.02. The molecule has 1 aromatic rings. The number of anilines is 1. The Bertz CT molecular complexity index is 308. The summed E-state index contributed by atoms with van der Waals surface area (Å²) in [5, 5.41) is 9.49. The van der Waals surface area contributed by atoms with E-state index in [9.17, 15) is 5.11 Å². The molecule has 0 atom stereocenters. The second-order valence-corrected chi connectivity index (χ2v) is 2.76. The van der Waals surface area contributed by atoms with Gasteiger partial charge in [0.2, 0.25) is 0 Å². The molecule has 0 amide bonds. The minimum Gasteiger partial charge on any atom is -0.505 e. The highest BCUT2D eigenvalue weighted by Crippen LogP contribution is 2.25. The summed E-state index contributed by atoms with van der Waals surface area (Å²) < 4.78 is 0. The smallest absolute Gasteiger partial charge is 0.145 e. The molecule has 0 aliphatic heterocycles. The van der Waals surface area contributed by atoms with E-state index in [4.69, 9.17) is 11.5 Å². The molecule has 13 heavy (non-hydrogen) atoms. The number of para-hydroxylation sites is 1. The number of phenolic OH excluding ortho intramolecular Hbond substituents is 1. The molecule has 0 aromatic heterocycles. The predicted octanol–water partition coefficient (Wildman–Crippen LogP) is 1.34. The summed E-state index contributed by atoms with van der Waals surface area (Å²) >= 11 is 0. The summed E-state index contributed by atoms with van der Waals surface area (Å²) in [5.74, 6) is 0.135. The Balaban J connectivity index is 2.83. The first-order valence-corrected chi connectivity index (χ1v) is 4.19. The molecule has 3 heteroatoms. The fourth-order valence-corrected chi connectivity index (χ4v) is 1.02. The summed E-state index contributed by atoms with van der Waals surface area (Å²) in [4.78, 5) is 0. The minimum atomic E-state index is 0.135. The normalized spacial score (nSPS) is 10.8. The van der Waals surface area contributed by atoms with E-state index in [1.807, 2.05) is 12.2 Å². The highest BCUT2D eigenvalue weighted by atomic mass is 16.3. The zero-order chi connectivity index (χ0) is 9.68. The lowest BCUT2D eigenvalue weighted by atomic mass is 10.1. The van der Waals surface area contributed by atoms with E-state index in [-0.39, 0.29) is 5.75 Å². The van der Waals surface area contributed by atoms with Crippen LogP contribution in [0.25, 0.3) is 6.08 Å². The standard InChI is InChI=1S/C10H14N2O/c11-7-2-1-4-8-5-3-6-9(12)10(8)13/h1,3-6,13H,2,7,11-12H2. The molecular weight excluding hydrogens is 164 g/mol. The molecule has 0 radical (unpaired) electrons. The molecule has 0 aliphatic rings. The van der Waals surface area contributed by atoms with Crippen LogP contribution in [-0.2, 0) is 0 Å². The van der Waals surface area contributed by atoms with Gasteiger partial charge < -0.3 is 16.6 Å². The lowest BCUT2D eigenvalue weighted by molar-refractivity contribution is 0.476. The molecule has 70 valence electrons. The Morgan fingerprint density at radius 2 is 2.15 bits per heavy atom. The van der Waals surface area contributed by atoms with Crippen LogP contribution in [0.2, 0.25) is 0 Å². The van der Waals surface area contributed by atoms with E-state index in [2.05, 4.69) is 0 Å². The van der Waals surface area contributed by atoms with Crippen LogP contribution in [0.5, 0.6) is 5.75 Å². The molecule has 0 bridgehead atoms. The van der Waals surface area contributed by atoms with E-state index in [1.165, 1.54) is 0 Å². The van der Waals surface area contributed by atoms with Crippen LogP contribution in [0.1, 0.15) is 12.0 Å². The van der Waals surface area contributed by atoms with E-state index in [0.29, 0.717) is 12.2 Å². The van der Waals surface area contributed by atoms with Crippen molar-refractivity contribution in [1.82, 2.24) is 0 Å². The molecule has 0 aliphatic carbocycles. The number of aromatic hydroxyl groups is 1. The van der Waals surface area contributed by atoms with Gasteiger partial charge in [-0.15, -0.1) is 0 Å². The van der Waals surface area contributed by atoms with Gasteiger partial charge in [0.15, 0.2) is 0 Å². The van der Waals surface area contributed by atoms with Crippen molar-refractivity contribution in [3.05, 3.63) is 29.8 Å². The lowest BCUT2D eigenvalue weighted by Gasteiger charge is -2.01. The molecule has 0 fully saturated rings. The number of hydrogen-bond donors (Lipinski definition) is 3. The van der Waals surface area contributed by atoms with Gasteiger partial charge in [0.1, 0.15) is 5.75 Å². The highest BCUT2D eigenvalue weighted by Gasteiger charge is 1.99. The number of rotatable bonds is 3. The maximum atomic E-state index is 9.49. The number of benzene rings is 1. The minimum absolute atomic E-state index is 0.135. The Kier molecular flexibility index (Phi) is 3.34. The summed E-state index contributed by atoms with van der Waals surface area (Å²) in [6, 6.07) is 5.27. The number of nitrogen functional groups attached to an aromatic ring is 1. The third-order valence-corrected chi connectivity index (χ3v) is 1.73. The lowest BCUT2D eigenvalue weighted by Crippen LogP contribution is -1.95. The first-order valence-electron chi connectivity index (χ1n) is 4.19. The number of hydrogen-bond acceptors (Lipinski definition) is 3. The Labute approximate surface area is 77.7 Å². The van der Waals surface area contributed by atoms with Gasteiger partial charge in [-0.05, 0) is 19.0 Å². The topological polar surface area (TPSA) is 72.3 Å². The van der Waals surface area contributed by atoms with Crippen molar-refractivity contribution in [2.24, 2.45) is 5.73 Å². The van der Waals surface area contributed by atoms with Gasteiger partial charge in [-0.3, -0.25) is 0 Å². The summed E-state index contributed by atoms with van der Waals surface area (Å²) in [7, 11) is 0. The monoisotopic (exact) mass is 178 g/mol.